The summed E-state index contributed by atoms with van der Waals surface area (Å²) in [5, 5.41) is 12.7. The Balaban J connectivity index is 1.67. The Morgan fingerprint density at radius 1 is 1.10 bits per heavy atom. The molecule has 2 aromatic rings. The highest BCUT2D eigenvalue weighted by Crippen LogP contribution is 2.09. The second-order valence-electron chi connectivity index (χ2n) is 4.55. The minimum atomic E-state index is -0.637. The predicted octanol–water partition coefficient (Wildman–Crippen LogP) is 2.82. The van der Waals surface area contributed by atoms with Crippen LogP contribution in [0.2, 0.25) is 0 Å². The zero-order valence-corrected chi connectivity index (χ0v) is 11.1. The SMILES string of the molecule is OC(CNc1cccc(F)c1)COCc1ccccc1. The second-order valence-corrected chi connectivity index (χ2v) is 4.55. The van der Waals surface area contributed by atoms with Crippen molar-refractivity contribution in [1.29, 1.82) is 0 Å². The molecule has 2 rings (SSSR count). The first-order chi connectivity index (χ1) is 9.74. The molecule has 0 saturated carbocycles. The van der Waals surface area contributed by atoms with Crippen molar-refractivity contribution < 1.29 is 14.2 Å². The van der Waals surface area contributed by atoms with Crippen LogP contribution in [-0.2, 0) is 11.3 Å². The zero-order chi connectivity index (χ0) is 14.2. The lowest BCUT2D eigenvalue weighted by molar-refractivity contribution is 0.0348. The number of rotatable bonds is 7. The van der Waals surface area contributed by atoms with Crippen LogP contribution in [0.3, 0.4) is 0 Å². The van der Waals surface area contributed by atoms with Gasteiger partial charge in [-0.3, -0.25) is 0 Å². The van der Waals surface area contributed by atoms with Crippen LogP contribution in [0.5, 0.6) is 0 Å². The van der Waals surface area contributed by atoms with E-state index in [-0.39, 0.29) is 12.4 Å². The van der Waals surface area contributed by atoms with E-state index in [1.54, 1.807) is 12.1 Å². The third kappa shape index (κ3) is 4.99. The Morgan fingerprint density at radius 3 is 2.65 bits per heavy atom. The van der Waals surface area contributed by atoms with E-state index in [0.717, 1.165) is 5.56 Å². The summed E-state index contributed by atoms with van der Waals surface area (Å²) in [6, 6.07) is 15.9. The Labute approximate surface area is 118 Å². The van der Waals surface area contributed by atoms with E-state index in [4.69, 9.17) is 4.74 Å². The van der Waals surface area contributed by atoms with Gasteiger partial charge in [0.2, 0.25) is 0 Å². The van der Waals surface area contributed by atoms with Crippen molar-refractivity contribution in [1.82, 2.24) is 0 Å². The number of anilines is 1. The number of ether oxygens (including phenoxy) is 1. The Hall–Kier alpha value is -1.91. The van der Waals surface area contributed by atoms with Gasteiger partial charge in [-0.05, 0) is 23.8 Å². The molecule has 0 saturated heterocycles. The summed E-state index contributed by atoms with van der Waals surface area (Å²) in [4.78, 5) is 0. The summed E-state index contributed by atoms with van der Waals surface area (Å²) in [5.74, 6) is -0.301. The van der Waals surface area contributed by atoms with E-state index in [9.17, 15) is 9.50 Å². The van der Waals surface area contributed by atoms with Crippen LogP contribution < -0.4 is 5.32 Å². The minimum absolute atomic E-state index is 0.233. The summed E-state index contributed by atoms with van der Waals surface area (Å²) in [6.45, 7) is 1.02. The Kier molecular flexibility index (Phi) is 5.53. The van der Waals surface area contributed by atoms with Gasteiger partial charge in [0, 0.05) is 12.2 Å². The fraction of sp³-hybridized carbons (Fsp3) is 0.250. The van der Waals surface area contributed by atoms with Crippen molar-refractivity contribution in [3.8, 4) is 0 Å². The highest BCUT2D eigenvalue weighted by molar-refractivity contribution is 5.43. The first-order valence-electron chi connectivity index (χ1n) is 6.53. The number of halogens is 1. The minimum Gasteiger partial charge on any atom is -0.389 e. The first kappa shape index (κ1) is 14.5. The molecule has 0 bridgehead atoms. The van der Waals surface area contributed by atoms with E-state index in [1.165, 1.54) is 12.1 Å². The van der Waals surface area contributed by atoms with Crippen LogP contribution in [-0.4, -0.2) is 24.4 Å². The molecular formula is C16H18FNO2. The van der Waals surface area contributed by atoms with Crippen molar-refractivity contribution in [2.24, 2.45) is 0 Å². The van der Waals surface area contributed by atoms with Crippen molar-refractivity contribution in [2.45, 2.75) is 12.7 Å². The predicted molar refractivity (Wildman–Crippen MR) is 77.0 cm³/mol. The molecule has 106 valence electrons. The van der Waals surface area contributed by atoms with Gasteiger partial charge < -0.3 is 15.2 Å². The standard InChI is InChI=1S/C16H18FNO2/c17-14-7-4-8-15(9-14)18-10-16(19)12-20-11-13-5-2-1-3-6-13/h1-9,16,18-19H,10-12H2. The number of hydrogen-bond acceptors (Lipinski definition) is 3. The van der Waals surface area contributed by atoms with E-state index in [0.29, 0.717) is 18.8 Å². The number of nitrogens with one attached hydrogen (secondary N) is 1. The van der Waals surface area contributed by atoms with Crippen molar-refractivity contribution in [3.63, 3.8) is 0 Å². The highest BCUT2D eigenvalue weighted by Gasteiger charge is 2.04. The van der Waals surface area contributed by atoms with Crippen molar-refractivity contribution in [2.75, 3.05) is 18.5 Å². The van der Waals surface area contributed by atoms with Crippen LogP contribution in [0.1, 0.15) is 5.56 Å². The average Bonchev–Trinajstić information content (AvgIpc) is 2.46. The highest BCUT2D eigenvalue weighted by atomic mass is 19.1. The molecule has 0 radical (unpaired) electrons. The third-order valence-electron chi connectivity index (χ3n) is 2.79. The van der Waals surface area contributed by atoms with Crippen LogP contribution in [0.15, 0.2) is 54.6 Å². The normalized spacial score (nSPS) is 12.1. The lowest BCUT2D eigenvalue weighted by atomic mass is 10.2. The monoisotopic (exact) mass is 275 g/mol. The zero-order valence-electron chi connectivity index (χ0n) is 11.1. The molecule has 1 unspecified atom stereocenters. The van der Waals surface area contributed by atoms with Gasteiger partial charge in [0.25, 0.3) is 0 Å². The van der Waals surface area contributed by atoms with Gasteiger partial charge in [-0.2, -0.15) is 0 Å². The van der Waals surface area contributed by atoms with Crippen LogP contribution in [0.4, 0.5) is 10.1 Å². The van der Waals surface area contributed by atoms with Gasteiger partial charge in [0.05, 0.1) is 19.3 Å². The largest absolute Gasteiger partial charge is 0.389 e. The summed E-state index contributed by atoms with van der Waals surface area (Å²) in [6.07, 6.45) is -0.637. The molecule has 0 spiro atoms. The fourth-order valence-corrected chi connectivity index (χ4v) is 1.78. The van der Waals surface area contributed by atoms with Gasteiger partial charge >= 0.3 is 0 Å². The molecule has 3 nitrogen and oxygen atoms in total. The number of hydrogen-bond donors (Lipinski definition) is 2. The quantitative estimate of drug-likeness (QED) is 0.816. The van der Waals surface area contributed by atoms with E-state index in [1.807, 2.05) is 30.3 Å². The molecule has 0 fully saturated rings. The van der Waals surface area contributed by atoms with Gasteiger partial charge in [0.1, 0.15) is 5.82 Å². The lowest BCUT2D eigenvalue weighted by Gasteiger charge is -2.13. The number of aliphatic hydroxyl groups is 1. The number of benzene rings is 2. The van der Waals surface area contributed by atoms with Crippen LogP contribution in [0, 0.1) is 5.82 Å². The molecular weight excluding hydrogens is 257 g/mol. The van der Waals surface area contributed by atoms with E-state index in [2.05, 4.69) is 5.32 Å². The maximum atomic E-state index is 13.0. The van der Waals surface area contributed by atoms with Crippen LogP contribution in [0.25, 0.3) is 0 Å². The molecule has 4 heteroatoms. The molecule has 0 aromatic heterocycles. The van der Waals surface area contributed by atoms with Gasteiger partial charge in [-0.25, -0.2) is 4.39 Å². The molecule has 0 amide bonds. The summed E-state index contributed by atoms with van der Waals surface area (Å²) in [5.41, 5.74) is 1.71. The molecule has 2 N–H and O–H groups in total. The fourth-order valence-electron chi connectivity index (χ4n) is 1.78. The second kappa shape index (κ2) is 7.62. The van der Waals surface area contributed by atoms with E-state index < -0.39 is 6.10 Å². The summed E-state index contributed by atoms with van der Waals surface area (Å²) < 4.78 is 18.4. The van der Waals surface area contributed by atoms with Crippen molar-refractivity contribution in [3.05, 3.63) is 66.0 Å². The van der Waals surface area contributed by atoms with E-state index >= 15 is 0 Å². The van der Waals surface area contributed by atoms with Gasteiger partial charge in [-0.15, -0.1) is 0 Å². The third-order valence-corrected chi connectivity index (χ3v) is 2.79. The smallest absolute Gasteiger partial charge is 0.125 e. The Bertz CT molecular complexity index is 519. The van der Waals surface area contributed by atoms with Gasteiger partial charge in [0.15, 0.2) is 0 Å². The number of aliphatic hydroxyl groups excluding tert-OH is 1. The molecule has 0 aliphatic carbocycles. The molecule has 20 heavy (non-hydrogen) atoms. The topological polar surface area (TPSA) is 41.5 Å². The average molecular weight is 275 g/mol. The molecule has 0 aliphatic rings. The molecule has 0 aliphatic heterocycles. The molecule has 1 atom stereocenters. The molecule has 2 aromatic carbocycles. The van der Waals surface area contributed by atoms with Gasteiger partial charge in [-0.1, -0.05) is 36.4 Å². The maximum Gasteiger partial charge on any atom is 0.125 e. The first-order valence-corrected chi connectivity index (χ1v) is 6.53. The maximum absolute atomic E-state index is 13.0. The summed E-state index contributed by atoms with van der Waals surface area (Å²) >= 11 is 0. The van der Waals surface area contributed by atoms with Crippen molar-refractivity contribution >= 4 is 5.69 Å². The summed E-state index contributed by atoms with van der Waals surface area (Å²) in [7, 11) is 0. The van der Waals surface area contributed by atoms with Crippen LogP contribution >= 0.6 is 0 Å². The molecule has 0 heterocycles. The lowest BCUT2D eigenvalue weighted by Crippen LogP contribution is -2.24. The Morgan fingerprint density at radius 2 is 1.90 bits per heavy atom.